The normalized spacial score (nSPS) is 12.7. The standard InChI is InChI=1S/C64H66S12Si4/c1-11-41-17-29-53(65-41)77(7,54-30-18-42(12-2)66-54)59-35-23-47(71-59)50-26-38-62(74-50)80(10,63-39-27-51(75-63)48-24-36-60(72-48)78(8,55-31-19-43(13-3)67-55)56-32-20-44(14-4)68-56)64-40-28-52(76-64)49-25-37-61(73-49)79(9,57-33-21-45(15-5)69-57)58-34-22-46(16-6)70-58/h17-40H,11-16H2,1-10H3. The van der Waals surface area contributed by atoms with E-state index in [-0.39, 0.29) is 0 Å². The van der Waals surface area contributed by atoms with E-state index in [0.29, 0.717) is 0 Å². The van der Waals surface area contributed by atoms with Gasteiger partial charge < -0.3 is 0 Å². The summed E-state index contributed by atoms with van der Waals surface area (Å²) in [4.78, 5) is 17.4. The van der Waals surface area contributed by atoms with Crippen molar-refractivity contribution < 1.29 is 0 Å². The van der Waals surface area contributed by atoms with Crippen LogP contribution in [0, 0.1) is 0 Å². The molecular formula is C64H66S12Si4. The second-order valence-corrected chi connectivity index (χ2v) is 54.5. The molecule has 0 saturated heterocycles. The van der Waals surface area contributed by atoms with Crippen molar-refractivity contribution in [2.45, 2.75) is 106 Å². The zero-order valence-electron chi connectivity index (χ0n) is 47.0. The quantitative estimate of drug-likeness (QED) is 0.0629. The molecule has 12 aromatic heterocycles. The van der Waals surface area contributed by atoms with Crippen LogP contribution in [0.15, 0.2) is 146 Å². The molecule has 0 aromatic carbocycles. The summed E-state index contributed by atoms with van der Waals surface area (Å²) in [6.07, 6.45) is 6.55. The Hall–Kier alpha value is -2.73. The van der Waals surface area contributed by atoms with E-state index in [1.165, 1.54) is 58.5 Å². The average molecular weight is 1330 g/mol. The lowest BCUT2D eigenvalue weighted by atomic mass is 10.4. The minimum absolute atomic E-state index is 1.09. The lowest BCUT2D eigenvalue weighted by Gasteiger charge is -2.24. The van der Waals surface area contributed by atoms with Crippen LogP contribution >= 0.6 is 136 Å². The fourth-order valence-electron chi connectivity index (χ4n) is 10.9. The molecule has 0 bridgehead atoms. The maximum atomic E-state index is 2.67. The molecule has 0 aliphatic rings. The molecule has 12 rings (SSSR count). The Balaban J connectivity index is 0.941. The first-order valence-electron chi connectivity index (χ1n) is 27.9. The van der Waals surface area contributed by atoms with E-state index in [4.69, 9.17) is 0 Å². The molecule has 80 heavy (non-hydrogen) atoms. The number of hydrogen-bond donors (Lipinski definition) is 0. The van der Waals surface area contributed by atoms with Crippen molar-refractivity contribution in [1.82, 2.24) is 0 Å². The third kappa shape index (κ3) is 10.2. The maximum absolute atomic E-state index is 2.67. The van der Waals surface area contributed by atoms with Crippen LogP contribution in [-0.4, -0.2) is 32.3 Å². The first-order chi connectivity index (χ1) is 38.8. The Morgan fingerprint density at radius 2 is 0.312 bits per heavy atom. The van der Waals surface area contributed by atoms with Gasteiger partial charge in [-0.25, -0.2) is 0 Å². The molecule has 0 spiro atoms. The van der Waals surface area contributed by atoms with Gasteiger partial charge in [0.1, 0.15) is 0 Å². The van der Waals surface area contributed by atoms with Gasteiger partial charge >= 0.3 is 0 Å². The average Bonchev–Trinajstić information content (AvgIpc) is 4.35. The topological polar surface area (TPSA) is 0 Å². The van der Waals surface area contributed by atoms with Gasteiger partial charge in [-0.1, -0.05) is 141 Å². The molecule has 0 radical (unpaired) electrons. The monoisotopic (exact) mass is 1330 g/mol. The lowest BCUT2D eigenvalue weighted by Crippen LogP contribution is -2.62. The van der Waals surface area contributed by atoms with E-state index in [0.717, 1.165) is 38.5 Å². The lowest BCUT2D eigenvalue weighted by molar-refractivity contribution is 1.19. The van der Waals surface area contributed by atoms with Crippen molar-refractivity contribution in [3.63, 3.8) is 0 Å². The number of rotatable bonds is 21. The molecule has 0 saturated carbocycles. The Labute approximate surface area is 526 Å². The summed E-state index contributed by atoms with van der Waals surface area (Å²) in [5.74, 6) is 0. The van der Waals surface area contributed by atoms with Gasteiger partial charge in [0.05, 0.1) is 0 Å². The summed E-state index contributed by atoms with van der Waals surface area (Å²) in [6.45, 7) is 24.3. The van der Waals surface area contributed by atoms with Gasteiger partial charge in [0.2, 0.25) is 0 Å². The Bertz CT molecular complexity index is 3520. The molecule has 0 aliphatic carbocycles. The Morgan fingerprint density at radius 3 is 0.438 bits per heavy atom. The van der Waals surface area contributed by atoms with Crippen LogP contribution in [0.3, 0.4) is 0 Å². The van der Waals surface area contributed by atoms with E-state index < -0.39 is 32.3 Å². The van der Waals surface area contributed by atoms with Crippen LogP contribution in [-0.2, 0) is 38.5 Å². The SMILES string of the molecule is CCc1ccc([Si](C)(c2ccc(CC)s2)c2ccc(-c3ccc([Si](C)(c4ccc(-c5ccc([Si](C)(c6ccc(CC)s6)c6ccc(CC)s6)s5)s4)c4ccc(-c5ccc([Si](C)(c6ccc(CC)s6)c6ccc(CC)s6)s5)s4)s3)s2)s1. The largest absolute Gasteiger partial charge is 0.181 e. The number of aryl methyl sites for hydroxylation is 6. The maximum Gasteiger partial charge on any atom is 0.181 e. The predicted molar refractivity (Wildman–Crippen MR) is 387 cm³/mol. The molecule has 0 amide bonds. The van der Waals surface area contributed by atoms with Crippen molar-refractivity contribution in [3.8, 4) is 29.3 Å². The van der Waals surface area contributed by atoms with Crippen molar-refractivity contribution >= 4 is 222 Å². The van der Waals surface area contributed by atoms with Gasteiger partial charge in [-0.3, -0.25) is 0 Å². The van der Waals surface area contributed by atoms with Gasteiger partial charge in [0.15, 0.2) is 32.3 Å². The van der Waals surface area contributed by atoms with E-state index >= 15 is 0 Å². The van der Waals surface area contributed by atoms with Gasteiger partial charge in [-0.15, -0.1) is 136 Å². The molecule has 0 nitrogen and oxygen atoms in total. The first kappa shape index (κ1) is 57.7. The van der Waals surface area contributed by atoms with E-state index in [2.05, 4.69) is 349 Å². The number of thiophene rings is 12. The molecule has 16 heteroatoms. The third-order valence-electron chi connectivity index (χ3n) is 16.3. The molecule has 410 valence electrons. The van der Waals surface area contributed by atoms with Crippen LogP contribution in [0.5, 0.6) is 0 Å². The van der Waals surface area contributed by atoms with Crippen LogP contribution < -0.4 is 54.0 Å². The van der Waals surface area contributed by atoms with Crippen molar-refractivity contribution in [1.29, 1.82) is 0 Å². The summed E-state index contributed by atoms with van der Waals surface area (Å²) in [6, 6.07) is 59.1. The molecular weight excluding hydrogens is 1270 g/mol. The fourth-order valence-corrected chi connectivity index (χ4v) is 52.2. The zero-order chi connectivity index (χ0) is 55.6. The minimum Gasteiger partial charge on any atom is -0.149 e. The molecule has 12 aromatic rings. The molecule has 0 fully saturated rings. The highest BCUT2D eigenvalue weighted by molar-refractivity contribution is 7.51. The summed E-state index contributed by atoms with van der Waals surface area (Å²) in [5, 5.41) is 0. The van der Waals surface area contributed by atoms with Crippen LogP contribution in [0.1, 0.15) is 70.8 Å². The summed E-state index contributed by atoms with van der Waals surface area (Å²) >= 11 is 24.7. The van der Waals surface area contributed by atoms with Crippen LogP contribution in [0.4, 0.5) is 0 Å². The van der Waals surface area contributed by atoms with Crippen LogP contribution in [0.25, 0.3) is 29.3 Å². The third-order valence-corrected chi connectivity index (χ3v) is 60.8. The van der Waals surface area contributed by atoms with Crippen molar-refractivity contribution in [2.24, 2.45) is 0 Å². The predicted octanol–water partition coefficient (Wildman–Crippen LogP) is 15.2. The van der Waals surface area contributed by atoms with E-state index in [1.54, 1.807) is 54.0 Å². The van der Waals surface area contributed by atoms with E-state index in [9.17, 15) is 0 Å². The van der Waals surface area contributed by atoms with Gasteiger partial charge in [0, 0.05) is 113 Å². The molecule has 0 atom stereocenters. The van der Waals surface area contributed by atoms with E-state index in [1.807, 2.05) is 0 Å². The molecule has 0 unspecified atom stereocenters. The molecule has 0 N–H and O–H groups in total. The molecule has 12 heterocycles. The Morgan fingerprint density at radius 1 is 0.188 bits per heavy atom. The highest BCUT2D eigenvalue weighted by atomic mass is 32.1. The summed E-state index contributed by atoms with van der Waals surface area (Å²) < 4.78 is 18.8. The fraction of sp³-hybridized carbons (Fsp3) is 0.250. The van der Waals surface area contributed by atoms with Gasteiger partial charge in [-0.05, 0) is 111 Å². The smallest absolute Gasteiger partial charge is 0.149 e. The first-order valence-corrected chi connectivity index (χ1v) is 47.7. The van der Waals surface area contributed by atoms with Gasteiger partial charge in [-0.2, -0.15) is 0 Å². The highest BCUT2D eigenvalue weighted by Gasteiger charge is 2.44. The summed E-state index contributed by atoms with van der Waals surface area (Å²) in [7, 11) is -9.11. The van der Waals surface area contributed by atoms with Crippen LogP contribution in [0.2, 0.25) is 26.2 Å². The zero-order valence-corrected chi connectivity index (χ0v) is 60.8. The second kappa shape index (κ2) is 23.6. The number of hydrogen-bond acceptors (Lipinski definition) is 12. The van der Waals surface area contributed by atoms with Gasteiger partial charge in [0.25, 0.3) is 0 Å². The van der Waals surface area contributed by atoms with Crippen molar-refractivity contribution in [3.05, 3.63) is 175 Å². The highest BCUT2D eigenvalue weighted by Crippen LogP contribution is 2.37. The summed E-state index contributed by atoms with van der Waals surface area (Å²) in [5.41, 5.74) is 0. The van der Waals surface area contributed by atoms with Crippen molar-refractivity contribution in [2.75, 3.05) is 0 Å². The Kier molecular flexibility index (Phi) is 17.0. The minimum atomic E-state index is -2.52. The molecule has 0 aliphatic heterocycles. The second-order valence-electron chi connectivity index (χ2n) is 21.2.